The van der Waals surface area contributed by atoms with Crippen LogP contribution in [-0.2, 0) is 34.3 Å². The van der Waals surface area contributed by atoms with E-state index in [0.29, 0.717) is 60.3 Å². The van der Waals surface area contributed by atoms with E-state index in [0.717, 1.165) is 113 Å². The van der Waals surface area contributed by atoms with Gasteiger partial charge in [-0.15, -0.1) is 0 Å². The quantitative estimate of drug-likeness (QED) is 0.0831. The minimum absolute atomic E-state index is 0.118. The van der Waals surface area contributed by atoms with Gasteiger partial charge < -0.3 is 19.3 Å². The van der Waals surface area contributed by atoms with Crippen molar-refractivity contribution in [3.05, 3.63) is 124 Å². The van der Waals surface area contributed by atoms with Gasteiger partial charge in [-0.25, -0.2) is 14.8 Å². The van der Waals surface area contributed by atoms with Crippen LogP contribution in [0.2, 0.25) is 0 Å². The van der Waals surface area contributed by atoms with E-state index in [1.807, 2.05) is 99.2 Å². The Balaban J connectivity index is 0.695. The number of fused-ring (bicyclic) bond motifs is 3. The Labute approximate surface area is 454 Å². The number of ether oxygens (including phenoxy) is 2. The molecular weight excluding hydrogens is 987 g/mol. The first-order chi connectivity index (χ1) is 37.1. The maximum atomic E-state index is 14.1. The van der Waals surface area contributed by atoms with Crippen molar-refractivity contribution in [1.82, 2.24) is 30.0 Å². The van der Waals surface area contributed by atoms with Crippen LogP contribution in [0.25, 0.3) is 32.2 Å². The maximum Gasteiger partial charge on any atom is 0.358 e. The number of piperazine rings is 1. The van der Waals surface area contributed by atoms with Crippen LogP contribution in [0.5, 0.6) is 5.75 Å². The molecule has 1 atom stereocenters. The summed E-state index contributed by atoms with van der Waals surface area (Å²) in [6, 6.07) is 28.0. The molecule has 7 aromatic rings. The van der Waals surface area contributed by atoms with Gasteiger partial charge in [-0.2, -0.15) is 5.10 Å². The lowest BCUT2D eigenvalue weighted by molar-refractivity contribution is -0.134. The molecule has 3 aliphatic heterocycles. The van der Waals surface area contributed by atoms with Gasteiger partial charge in [0.15, 0.2) is 10.8 Å². The van der Waals surface area contributed by atoms with E-state index in [9.17, 15) is 19.2 Å². The molecule has 4 aliphatic rings. The lowest BCUT2D eigenvalue weighted by Crippen LogP contribution is -2.46. The standard InChI is InChI=1S/C61H69N9O6S/c1-37-42(43-24-27-52(63-55(43)59(74)76-61(3,4)5)70-31-29-40-13-9-15-44(47(40)36-70)57(72)65-60-62-48-16-7-8-18-51(48)77-60)14-10-17-50(37)75-41-21-19-39(20-22-41)12-11-30-68-32-34-69(35-33-68)49-26-23-45-54(66-67(6)56(45)38(49)2)46-25-28-53(71)64-58(46)73/h7-10,13-18,23-24,26-27,39,41,46H,11-12,19-22,25,28-36H2,1-6H3,(H,62,65,72)(H,64,71,73)/t39-,41-,46?. The summed E-state index contributed by atoms with van der Waals surface area (Å²) in [6.45, 7) is 16.0. The Hall–Kier alpha value is -7.17. The molecule has 2 N–H and O–H groups in total. The second-order valence-electron chi connectivity index (χ2n) is 22.4. The van der Waals surface area contributed by atoms with Gasteiger partial charge in [0, 0.05) is 74.9 Å². The molecule has 77 heavy (non-hydrogen) atoms. The average Bonchev–Trinajstić information content (AvgIpc) is 4.12. The Kier molecular flexibility index (Phi) is 14.6. The molecule has 11 rings (SSSR count). The summed E-state index contributed by atoms with van der Waals surface area (Å²) in [6.07, 6.45) is 8.35. The third-order valence-corrected chi connectivity index (χ3v) is 17.1. The van der Waals surface area contributed by atoms with Crippen molar-refractivity contribution < 1.29 is 28.7 Å². The molecule has 0 spiro atoms. The van der Waals surface area contributed by atoms with Crippen molar-refractivity contribution in [2.75, 3.05) is 54.4 Å². The number of carbonyl (C=O) groups is 4. The molecule has 4 aromatic carbocycles. The SMILES string of the molecule is Cc1c(O[C@H]2CC[C@H](CCCN3CCN(c4ccc5c(C6CCC(=O)NC6=O)nn(C)c5c4C)CC3)CC2)cccc1-c1ccc(N2CCc3cccc(C(=O)Nc4nc5ccccc5s4)c3C2)nc1C(=O)OC(C)(C)C. The molecule has 3 aromatic heterocycles. The number of hydrogen-bond acceptors (Lipinski definition) is 13. The van der Waals surface area contributed by atoms with Gasteiger partial charge >= 0.3 is 5.97 Å². The lowest BCUT2D eigenvalue weighted by Gasteiger charge is -2.37. The summed E-state index contributed by atoms with van der Waals surface area (Å²) in [5.74, 6) is 0.566. The molecule has 3 fully saturated rings. The van der Waals surface area contributed by atoms with Crippen molar-refractivity contribution in [2.45, 2.75) is 117 Å². The Morgan fingerprint density at radius 2 is 1.60 bits per heavy atom. The number of nitrogens with one attached hydrogen (secondary N) is 2. The Morgan fingerprint density at radius 3 is 2.38 bits per heavy atom. The molecule has 6 heterocycles. The van der Waals surface area contributed by atoms with Gasteiger partial charge in [-0.3, -0.25) is 34.6 Å². The zero-order valence-electron chi connectivity index (χ0n) is 45.1. The van der Waals surface area contributed by atoms with E-state index < -0.39 is 17.5 Å². The Bertz CT molecular complexity index is 3370. The molecule has 1 saturated carbocycles. The molecule has 15 nitrogen and oxygen atoms in total. The fourth-order valence-electron chi connectivity index (χ4n) is 12.1. The predicted octanol–water partition coefficient (Wildman–Crippen LogP) is 10.7. The number of imide groups is 1. The van der Waals surface area contributed by atoms with E-state index in [1.54, 1.807) is 0 Å². The molecule has 3 amide bonds. The van der Waals surface area contributed by atoms with Crippen LogP contribution in [0.4, 0.5) is 16.6 Å². The van der Waals surface area contributed by atoms with Gasteiger partial charge in [0.05, 0.1) is 33.4 Å². The number of aryl methyl sites for hydroxylation is 2. The summed E-state index contributed by atoms with van der Waals surface area (Å²) < 4.78 is 15.7. The predicted molar refractivity (Wildman–Crippen MR) is 303 cm³/mol. The molecule has 1 aliphatic carbocycles. The number of thiazole rings is 1. The van der Waals surface area contributed by atoms with E-state index >= 15 is 0 Å². The number of piperidine rings is 1. The van der Waals surface area contributed by atoms with Crippen molar-refractivity contribution >= 4 is 72.8 Å². The number of pyridine rings is 1. The zero-order valence-corrected chi connectivity index (χ0v) is 45.9. The van der Waals surface area contributed by atoms with Crippen LogP contribution in [-0.4, -0.2) is 99.3 Å². The number of esters is 1. The van der Waals surface area contributed by atoms with Gasteiger partial charge in [0.25, 0.3) is 5.91 Å². The normalized spacial score (nSPS) is 19.3. The summed E-state index contributed by atoms with van der Waals surface area (Å²) in [4.78, 5) is 69.4. The number of rotatable bonds is 13. The van der Waals surface area contributed by atoms with E-state index in [-0.39, 0.29) is 29.5 Å². The highest BCUT2D eigenvalue weighted by molar-refractivity contribution is 7.22. The summed E-state index contributed by atoms with van der Waals surface area (Å²) in [5, 5.41) is 11.9. The van der Waals surface area contributed by atoms with Crippen LogP contribution in [0.3, 0.4) is 0 Å². The van der Waals surface area contributed by atoms with Gasteiger partial charge in [0.2, 0.25) is 11.8 Å². The highest BCUT2D eigenvalue weighted by Gasteiger charge is 2.34. The second-order valence-corrected chi connectivity index (χ2v) is 23.4. The summed E-state index contributed by atoms with van der Waals surface area (Å²) in [5.41, 5.74) is 9.71. The van der Waals surface area contributed by atoms with E-state index in [2.05, 4.69) is 62.4 Å². The first-order valence-corrected chi connectivity index (χ1v) is 28.3. The molecule has 400 valence electrons. The van der Waals surface area contributed by atoms with Crippen molar-refractivity contribution in [3.63, 3.8) is 0 Å². The molecular formula is C61H69N9O6S. The zero-order chi connectivity index (χ0) is 53.5. The van der Waals surface area contributed by atoms with Crippen LogP contribution in [0.1, 0.15) is 127 Å². The number of para-hydroxylation sites is 1. The number of anilines is 3. The summed E-state index contributed by atoms with van der Waals surface area (Å²) in [7, 11) is 1.94. The monoisotopic (exact) mass is 1060 g/mol. The third kappa shape index (κ3) is 11.0. The first kappa shape index (κ1) is 51.9. The second kappa shape index (κ2) is 21.7. The van der Waals surface area contributed by atoms with Gasteiger partial charge in [-0.05, 0) is 175 Å². The molecule has 2 saturated heterocycles. The largest absolute Gasteiger partial charge is 0.490 e. The number of hydrogen-bond donors (Lipinski definition) is 2. The fraction of sp³-hybridized carbons (Fsp3) is 0.426. The number of benzene rings is 4. The average molecular weight is 1060 g/mol. The highest BCUT2D eigenvalue weighted by atomic mass is 32.1. The van der Waals surface area contributed by atoms with E-state index in [4.69, 9.17) is 19.6 Å². The lowest BCUT2D eigenvalue weighted by atomic mass is 9.84. The number of carbonyl (C=O) groups excluding carboxylic acids is 4. The van der Waals surface area contributed by atoms with Gasteiger partial charge in [0.1, 0.15) is 17.2 Å². The molecule has 16 heteroatoms. The topological polar surface area (TPSA) is 164 Å². The van der Waals surface area contributed by atoms with Crippen LogP contribution in [0.15, 0.2) is 84.9 Å². The number of aromatic nitrogens is 4. The van der Waals surface area contributed by atoms with Gasteiger partial charge in [-0.1, -0.05) is 47.7 Å². The first-order valence-electron chi connectivity index (χ1n) is 27.4. The smallest absolute Gasteiger partial charge is 0.358 e. The maximum absolute atomic E-state index is 14.1. The third-order valence-electron chi connectivity index (χ3n) is 16.1. The molecule has 0 radical (unpaired) electrons. The molecule has 1 unspecified atom stereocenters. The number of nitrogens with zero attached hydrogens (tertiary/aromatic N) is 7. The highest BCUT2D eigenvalue weighted by Crippen LogP contribution is 2.39. The van der Waals surface area contributed by atoms with E-state index in [1.165, 1.54) is 35.4 Å². The minimum Gasteiger partial charge on any atom is -0.490 e. The fourth-order valence-corrected chi connectivity index (χ4v) is 13.0. The summed E-state index contributed by atoms with van der Waals surface area (Å²) >= 11 is 1.45. The van der Waals surface area contributed by atoms with Crippen LogP contribution >= 0.6 is 11.3 Å². The van der Waals surface area contributed by atoms with Crippen LogP contribution < -0.4 is 25.2 Å². The number of amides is 3. The van der Waals surface area contributed by atoms with Crippen molar-refractivity contribution in [1.29, 1.82) is 0 Å². The minimum atomic E-state index is -0.732. The van der Waals surface area contributed by atoms with Crippen molar-refractivity contribution in [2.24, 2.45) is 13.0 Å². The molecule has 0 bridgehead atoms. The van der Waals surface area contributed by atoms with Crippen LogP contribution in [0, 0.1) is 19.8 Å². The van der Waals surface area contributed by atoms with Crippen molar-refractivity contribution in [3.8, 4) is 16.9 Å². The Morgan fingerprint density at radius 1 is 0.805 bits per heavy atom.